The van der Waals surface area contributed by atoms with Crippen molar-refractivity contribution < 1.29 is 4.79 Å². The number of hydrogen-bond donors (Lipinski definition) is 0. The fourth-order valence-electron chi connectivity index (χ4n) is 0.977. The quantitative estimate of drug-likeness (QED) is 0.252. The molecule has 1 heteroatoms. The fraction of sp³-hybridized carbons (Fsp3) is 0.417. The monoisotopic (exact) mass is 178 g/mol. The predicted octanol–water partition coefficient (Wildman–Crippen LogP) is 3.43. The molecular weight excluding hydrogens is 160 g/mol. The molecule has 0 bridgehead atoms. The molecule has 72 valence electrons. The van der Waals surface area contributed by atoms with Gasteiger partial charge < -0.3 is 0 Å². The molecule has 0 heterocycles. The lowest BCUT2D eigenvalue weighted by molar-refractivity contribution is -0.104. The minimum absolute atomic E-state index is 0.835. The van der Waals surface area contributed by atoms with E-state index in [0.717, 1.165) is 31.1 Å². The van der Waals surface area contributed by atoms with E-state index in [1.54, 1.807) is 6.08 Å². The molecule has 0 aromatic heterocycles. The SMILES string of the molecule is C=C/C=C/CCCC/C=C(\C)C=O. The summed E-state index contributed by atoms with van der Waals surface area (Å²) in [7, 11) is 0. The van der Waals surface area contributed by atoms with Crippen LogP contribution in [0.1, 0.15) is 32.6 Å². The molecule has 0 amide bonds. The van der Waals surface area contributed by atoms with Gasteiger partial charge in [-0.3, -0.25) is 4.79 Å². The summed E-state index contributed by atoms with van der Waals surface area (Å²) in [5.74, 6) is 0. The number of unbranched alkanes of at least 4 members (excludes halogenated alkanes) is 3. The van der Waals surface area contributed by atoms with Gasteiger partial charge in [0.15, 0.2) is 0 Å². The van der Waals surface area contributed by atoms with Crippen molar-refractivity contribution in [1.82, 2.24) is 0 Å². The van der Waals surface area contributed by atoms with Gasteiger partial charge in [-0.15, -0.1) is 0 Å². The molecule has 0 aliphatic rings. The molecule has 0 aromatic rings. The van der Waals surface area contributed by atoms with Gasteiger partial charge >= 0.3 is 0 Å². The summed E-state index contributed by atoms with van der Waals surface area (Å²) in [6, 6.07) is 0. The maximum absolute atomic E-state index is 10.2. The van der Waals surface area contributed by atoms with E-state index in [1.165, 1.54) is 6.42 Å². The summed E-state index contributed by atoms with van der Waals surface area (Å²) < 4.78 is 0. The number of aldehydes is 1. The van der Waals surface area contributed by atoms with Crippen LogP contribution < -0.4 is 0 Å². The maximum Gasteiger partial charge on any atom is 0.145 e. The Kier molecular flexibility index (Phi) is 8.21. The van der Waals surface area contributed by atoms with Crippen LogP contribution in [0.3, 0.4) is 0 Å². The number of rotatable bonds is 7. The van der Waals surface area contributed by atoms with Gasteiger partial charge in [-0.2, -0.15) is 0 Å². The van der Waals surface area contributed by atoms with Gasteiger partial charge in [0.25, 0.3) is 0 Å². The first-order valence-corrected chi connectivity index (χ1v) is 4.70. The molecule has 0 unspecified atom stereocenters. The number of carbonyl (C=O) groups is 1. The van der Waals surface area contributed by atoms with Crippen LogP contribution in [0, 0.1) is 0 Å². The lowest BCUT2D eigenvalue weighted by Gasteiger charge is -1.93. The van der Waals surface area contributed by atoms with Crippen molar-refractivity contribution in [3.05, 3.63) is 36.5 Å². The van der Waals surface area contributed by atoms with Crippen LogP contribution in [0.25, 0.3) is 0 Å². The Bertz CT molecular complexity index is 199. The highest BCUT2D eigenvalue weighted by atomic mass is 16.1. The highest BCUT2D eigenvalue weighted by molar-refractivity contribution is 5.71. The van der Waals surface area contributed by atoms with Crippen LogP contribution in [-0.4, -0.2) is 6.29 Å². The highest BCUT2D eigenvalue weighted by Gasteiger charge is 1.86. The molecule has 0 aliphatic carbocycles. The number of carbonyl (C=O) groups excluding carboxylic acids is 1. The zero-order chi connectivity index (χ0) is 9.94. The average molecular weight is 178 g/mol. The molecule has 0 rings (SSSR count). The van der Waals surface area contributed by atoms with Gasteiger partial charge in [0.05, 0.1) is 0 Å². The highest BCUT2D eigenvalue weighted by Crippen LogP contribution is 2.03. The van der Waals surface area contributed by atoms with Crippen molar-refractivity contribution in [2.24, 2.45) is 0 Å². The minimum atomic E-state index is 0.835. The van der Waals surface area contributed by atoms with Gasteiger partial charge in [0.2, 0.25) is 0 Å². The van der Waals surface area contributed by atoms with E-state index in [1.807, 2.05) is 19.1 Å². The molecule has 0 spiro atoms. The summed E-state index contributed by atoms with van der Waals surface area (Å²) in [6.45, 7) is 5.43. The second-order valence-electron chi connectivity index (χ2n) is 3.01. The molecular formula is C12H18O. The Morgan fingerprint density at radius 1 is 1.31 bits per heavy atom. The van der Waals surface area contributed by atoms with E-state index >= 15 is 0 Å². The summed E-state index contributed by atoms with van der Waals surface area (Å²) in [5.41, 5.74) is 0.835. The Morgan fingerprint density at radius 2 is 2.00 bits per heavy atom. The van der Waals surface area contributed by atoms with Crippen LogP contribution in [0.5, 0.6) is 0 Å². The van der Waals surface area contributed by atoms with E-state index < -0.39 is 0 Å². The average Bonchev–Trinajstić information content (AvgIpc) is 2.16. The third kappa shape index (κ3) is 8.80. The van der Waals surface area contributed by atoms with E-state index in [9.17, 15) is 4.79 Å². The fourth-order valence-corrected chi connectivity index (χ4v) is 0.977. The van der Waals surface area contributed by atoms with Crippen LogP contribution in [0.2, 0.25) is 0 Å². The lowest BCUT2D eigenvalue weighted by Crippen LogP contribution is -1.77. The molecule has 1 nitrogen and oxygen atoms in total. The lowest BCUT2D eigenvalue weighted by atomic mass is 10.1. The first kappa shape index (κ1) is 11.9. The van der Waals surface area contributed by atoms with Crippen molar-refractivity contribution in [3.63, 3.8) is 0 Å². The van der Waals surface area contributed by atoms with Crippen molar-refractivity contribution in [2.45, 2.75) is 32.6 Å². The van der Waals surface area contributed by atoms with Crippen LogP contribution >= 0.6 is 0 Å². The summed E-state index contributed by atoms with van der Waals surface area (Å²) in [5, 5.41) is 0. The normalized spacial score (nSPS) is 11.9. The van der Waals surface area contributed by atoms with Crippen molar-refractivity contribution in [3.8, 4) is 0 Å². The van der Waals surface area contributed by atoms with Crippen molar-refractivity contribution >= 4 is 6.29 Å². The van der Waals surface area contributed by atoms with Gasteiger partial charge in [-0.25, -0.2) is 0 Å². The smallest absolute Gasteiger partial charge is 0.145 e. The summed E-state index contributed by atoms with van der Waals surface area (Å²) in [6.07, 6.45) is 13.2. The largest absolute Gasteiger partial charge is 0.298 e. The predicted molar refractivity (Wildman–Crippen MR) is 57.6 cm³/mol. The van der Waals surface area contributed by atoms with Gasteiger partial charge in [0.1, 0.15) is 6.29 Å². The van der Waals surface area contributed by atoms with Crippen LogP contribution in [0.15, 0.2) is 36.5 Å². The van der Waals surface area contributed by atoms with E-state index in [0.29, 0.717) is 0 Å². The summed E-state index contributed by atoms with van der Waals surface area (Å²) in [4.78, 5) is 10.2. The summed E-state index contributed by atoms with van der Waals surface area (Å²) >= 11 is 0. The first-order valence-electron chi connectivity index (χ1n) is 4.70. The van der Waals surface area contributed by atoms with E-state index in [4.69, 9.17) is 0 Å². The van der Waals surface area contributed by atoms with Gasteiger partial charge in [-0.05, 0) is 38.2 Å². The molecule has 0 fully saturated rings. The van der Waals surface area contributed by atoms with Crippen molar-refractivity contribution in [1.29, 1.82) is 0 Å². The molecule has 0 radical (unpaired) electrons. The standard InChI is InChI=1S/C12H18O/c1-3-4-5-6-7-8-9-10-12(2)11-13/h3-5,10-11H,1,6-9H2,2H3/b5-4+,12-10+. The molecule has 0 aliphatic heterocycles. The number of allylic oxidation sites excluding steroid dienone is 5. The topological polar surface area (TPSA) is 17.1 Å². The second kappa shape index (κ2) is 8.98. The minimum Gasteiger partial charge on any atom is -0.298 e. The Morgan fingerprint density at radius 3 is 2.62 bits per heavy atom. The zero-order valence-corrected chi connectivity index (χ0v) is 8.33. The van der Waals surface area contributed by atoms with Crippen LogP contribution in [0.4, 0.5) is 0 Å². The molecule has 0 atom stereocenters. The molecule has 0 saturated heterocycles. The van der Waals surface area contributed by atoms with Gasteiger partial charge in [-0.1, -0.05) is 30.9 Å². The second-order valence-corrected chi connectivity index (χ2v) is 3.01. The molecule has 0 N–H and O–H groups in total. The molecule has 0 aromatic carbocycles. The number of hydrogen-bond acceptors (Lipinski definition) is 1. The maximum atomic E-state index is 10.2. The van der Waals surface area contributed by atoms with E-state index in [2.05, 4.69) is 12.7 Å². The Balaban J connectivity index is 3.31. The third-order valence-corrected chi connectivity index (χ3v) is 1.75. The van der Waals surface area contributed by atoms with Crippen LogP contribution in [-0.2, 0) is 4.79 Å². The molecule has 13 heavy (non-hydrogen) atoms. The van der Waals surface area contributed by atoms with Crippen molar-refractivity contribution in [2.75, 3.05) is 0 Å². The van der Waals surface area contributed by atoms with E-state index in [-0.39, 0.29) is 0 Å². The third-order valence-electron chi connectivity index (χ3n) is 1.75. The Hall–Kier alpha value is -1.11. The molecule has 0 saturated carbocycles. The zero-order valence-electron chi connectivity index (χ0n) is 8.33. The van der Waals surface area contributed by atoms with Gasteiger partial charge in [0, 0.05) is 0 Å². The first-order chi connectivity index (χ1) is 6.31. The Labute approximate surface area is 80.8 Å².